The fraction of sp³-hybridized carbons (Fsp3) is 0.579. The van der Waals surface area contributed by atoms with E-state index in [1.165, 1.54) is 17.0 Å². The summed E-state index contributed by atoms with van der Waals surface area (Å²) in [4.78, 5) is 26.3. The Morgan fingerprint density at radius 2 is 2.00 bits per heavy atom. The Bertz CT molecular complexity index is 698. The number of nitrogens with zero attached hydrogens (tertiary/aromatic N) is 2. The van der Waals surface area contributed by atoms with Crippen molar-refractivity contribution in [2.24, 2.45) is 0 Å². The Hall–Kier alpha value is -2.09. The number of ether oxygens (including phenoxy) is 1. The van der Waals surface area contributed by atoms with Gasteiger partial charge in [0.25, 0.3) is 0 Å². The molecule has 1 fully saturated rings. The molecule has 0 bridgehead atoms. The smallest absolute Gasteiger partial charge is 0.416 e. The number of carbonyl (C=O) groups is 2. The molecule has 5 nitrogen and oxygen atoms in total. The minimum absolute atomic E-state index is 0.00460. The zero-order chi connectivity index (χ0) is 20.4. The predicted molar refractivity (Wildman–Crippen MR) is 94.5 cm³/mol. The molecule has 1 amide bonds. The van der Waals surface area contributed by atoms with Crippen molar-refractivity contribution < 1.29 is 27.5 Å². The summed E-state index contributed by atoms with van der Waals surface area (Å²) in [5, 5.41) is 0. The molecule has 1 aromatic carbocycles. The van der Waals surface area contributed by atoms with Gasteiger partial charge in [-0.2, -0.15) is 13.2 Å². The number of likely N-dealkylation sites (N-methyl/N-ethyl adjacent to an activating group) is 1. The van der Waals surface area contributed by atoms with Crippen molar-refractivity contribution in [1.82, 2.24) is 9.80 Å². The van der Waals surface area contributed by atoms with Crippen LogP contribution in [0.3, 0.4) is 0 Å². The van der Waals surface area contributed by atoms with Crippen molar-refractivity contribution in [2.75, 3.05) is 20.1 Å². The average Bonchev–Trinajstić information content (AvgIpc) is 3.00. The maximum absolute atomic E-state index is 13.3. The van der Waals surface area contributed by atoms with Crippen LogP contribution in [0.1, 0.15) is 48.7 Å². The lowest BCUT2D eigenvalue weighted by Crippen LogP contribution is -2.42. The fourth-order valence-electron chi connectivity index (χ4n) is 3.06. The molecule has 0 radical (unpaired) electrons. The van der Waals surface area contributed by atoms with Crippen molar-refractivity contribution in [2.45, 2.75) is 51.6 Å². The molecule has 2 rings (SSSR count). The van der Waals surface area contributed by atoms with Crippen LogP contribution in [-0.2, 0) is 17.5 Å². The molecule has 0 aliphatic carbocycles. The summed E-state index contributed by atoms with van der Waals surface area (Å²) in [6, 6.07) is 3.49. The Kier molecular flexibility index (Phi) is 6.19. The van der Waals surface area contributed by atoms with E-state index in [1.54, 1.807) is 27.8 Å². The molecule has 1 heterocycles. The van der Waals surface area contributed by atoms with E-state index in [-0.39, 0.29) is 23.7 Å². The molecule has 27 heavy (non-hydrogen) atoms. The van der Waals surface area contributed by atoms with Crippen LogP contribution in [0.5, 0.6) is 0 Å². The van der Waals surface area contributed by atoms with Gasteiger partial charge in [-0.25, -0.2) is 4.79 Å². The van der Waals surface area contributed by atoms with Gasteiger partial charge in [0, 0.05) is 38.3 Å². The molecule has 1 aliphatic heterocycles. The van der Waals surface area contributed by atoms with Crippen molar-refractivity contribution >= 4 is 12.4 Å². The highest BCUT2D eigenvalue weighted by molar-refractivity contribution is 5.75. The van der Waals surface area contributed by atoms with Gasteiger partial charge in [-0.15, -0.1) is 0 Å². The van der Waals surface area contributed by atoms with E-state index >= 15 is 0 Å². The number of rotatable bonds is 4. The van der Waals surface area contributed by atoms with Gasteiger partial charge in [-0.1, -0.05) is 12.1 Å². The number of alkyl halides is 3. The van der Waals surface area contributed by atoms with Crippen LogP contribution in [0.4, 0.5) is 18.0 Å². The lowest BCUT2D eigenvalue weighted by Gasteiger charge is -2.28. The summed E-state index contributed by atoms with van der Waals surface area (Å²) in [5.74, 6) is 0. The second-order valence-corrected chi connectivity index (χ2v) is 7.80. The highest BCUT2D eigenvalue weighted by atomic mass is 19.4. The van der Waals surface area contributed by atoms with Crippen LogP contribution in [0, 0.1) is 0 Å². The molecule has 0 N–H and O–H groups in total. The Morgan fingerprint density at radius 3 is 2.56 bits per heavy atom. The first kappa shape index (κ1) is 21.2. The SMILES string of the molecule is CN(C(=O)OC(C)(C)C)[C@@H]1CCN(Cc2ccc(C=O)cc2C(F)(F)F)C1. The third-order valence-corrected chi connectivity index (χ3v) is 4.45. The van der Waals surface area contributed by atoms with Gasteiger partial charge in [0.1, 0.15) is 11.9 Å². The fourth-order valence-corrected chi connectivity index (χ4v) is 3.06. The van der Waals surface area contributed by atoms with Crippen LogP contribution in [-0.4, -0.2) is 54.0 Å². The highest BCUT2D eigenvalue weighted by Gasteiger charge is 2.35. The Labute approximate surface area is 157 Å². The van der Waals surface area contributed by atoms with E-state index < -0.39 is 23.4 Å². The Balaban J connectivity index is 2.06. The molecule has 1 aliphatic rings. The van der Waals surface area contributed by atoms with E-state index in [0.29, 0.717) is 25.8 Å². The monoisotopic (exact) mass is 386 g/mol. The van der Waals surface area contributed by atoms with Crippen LogP contribution < -0.4 is 0 Å². The minimum atomic E-state index is -4.53. The molecule has 0 spiro atoms. The summed E-state index contributed by atoms with van der Waals surface area (Å²) in [5.41, 5.74) is -1.29. The van der Waals surface area contributed by atoms with Crippen molar-refractivity contribution in [3.63, 3.8) is 0 Å². The molecular weight excluding hydrogens is 361 g/mol. The van der Waals surface area contributed by atoms with E-state index in [0.717, 1.165) is 6.07 Å². The van der Waals surface area contributed by atoms with Gasteiger partial charge in [0.05, 0.1) is 5.56 Å². The van der Waals surface area contributed by atoms with Crippen molar-refractivity contribution in [3.05, 3.63) is 34.9 Å². The molecule has 0 unspecified atom stereocenters. The zero-order valence-corrected chi connectivity index (χ0v) is 16.0. The number of carbonyl (C=O) groups excluding carboxylic acids is 2. The van der Waals surface area contributed by atoms with Crippen LogP contribution in [0.25, 0.3) is 0 Å². The minimum Gasteiger partial charge on any atom is -0.444 e. The van der Waals surface area contributed by atoms with Crippen LogP contribution in [0.15, 0.2) is 18.2 Å². The molecule has 1 saturated heterocycles. The maximum atomic E-state index is 13.3. The number of halogens is 3. The quantitative estimate of drug-likeness (QED) is 0.735. The number of hydrogen-bond donors (Lipinski definition) is 0. The van der Waals surface area contributed by atoms with Gasteiger partial charge < -0.3 is 9.64 Å². The number of benzene rings is 1. The van der Waals surface area contributed by atoms with Crippen LogP contribution >= 0.6 is 0 Å². The summed E-state index contributed by atoms with van der Waals surface area (Å²) in [6.07, 6.45) is -3.91. The second-order valence-electron chi connectivity index (χ2n) is 7.80. The number of likely N-dealkylation sites (tertiary alicyclic amines) is 1. The lowest BCUT2D eigenvalue weighted by atomic mass is 10.0. The van der Waals surface area contributed by atoms with E-state index in [9.17, 15) is 22.8 Å². The standard InChI is InChI=1S/C19H25F3N2O3/c1-18(2,3)27-17(26)23(4)15-7-8-24(11-15)10-14-6-5-13(12-25)9-16(14)19(20,21)22/h5-6,9,12,15H,7-8,10-11H2,1-4H3/t15-/m1/s1. The summed E-state index contributed by atoms with van der Waals surface area (Å²) in [6.45, 7) is 6.48. The van der Waals surface area contributed by atoms with E-state index in [4.69, 9.17) is 4.74 Å². The molecular formula is C19H25F3N2O3. The van der Waals surface area contributed by atoms with Gasteiger partial charge in [-0.3, -0.25) is 9.69 Å². The van der Waals surface area contributed by atoms with Crippen molar-refractivity contribution in [3.8, 4) is 0 Å². The maximum Gasteiger partial charge on any atom is 0.416 e. The van der Waals surface area contributed by atoms with Gasteiger partial charge >= 0.3 is 12.3 Å². The van der Waals surface area contributed by atoms with Crippen LogP contribution in [0.2, 0.25) is 0 Å². The van der Waals surface area contributed by atoms with Crippen molar-refractivity contribution in [1.29, 1.82) is 0 Å². The molecule has 0 saturated carbocycles. The topological polar surface area (TPSA) is 49.9 Å². The summed E-state index contributed by atoms with van der Waals surface area (Å²) < 4.78 is 45.3. The average molecular weight is 386 g/mol. The molecule has 1 aromatic rings. The normalized spacial score (nSPS) is 18.4. The van der Waals surface area contributed by atoms with Gasteiger partial charge in [0.15, 0.2) is 0 Å². The molecule has 0 aromatic heterocycles. The first-order valence-electron chi connectivity index (χ1n) is 8.74. The number of hydrogen-bond acceptors (Lipinski definition) is 4. The van der Waals surface area contributed by atoms with Gasteiger partial charge in [-0.05, 0) is 38.8 Å². The number of aldehydes is 1. The first-order chi connectivity index (χ1) is 12.4. The number of amides is 1. The molecule has 1 atom stereocenters. The third kappa shape index (κ3) is 5.69. The zero-order valence-electron chi connectivity index (χ0n) is 16.0. The largest absolute Gasteiger partial charge is 0.444 e. The Morgan fingerprint density at radius 1 is 1.33 bits per heavy atom. The van der Waals surface area contributed by atoms with E-state index in [2.05, 4.69) is 0 Å². The molecule has 150 valence electrons. The predicted octanol–water partition coefficient (Wildman–Crippen LogP) is 3.96. The highest BCUT2D eigenvalue weighted by Crippen LogP contribution is 2.33. The first-order valence-corrected chi connectivity index (χ1v) is 8.74. The summed E-state index contributed by atoms with van der Waals surface area (Å²) in [7, 11) is 1.64. The third-order valence-electron chi connectivity index (χ3n) is 4.45. The molecule has 8 heteroatoms. The summed E-state index contributed by atoms with van der Waals surface area (Å²) >= 11 is 0. The second kappa shape index (κ2) is 7.88. The van der Waals surface area contributed by atoms with Gasteiger partial charge in [0.2, 0.25) is 0 Å². The lowest BCUT2D eigenvalue weighted by molar-refractivity contribution is -0.138. The van der Waals surface area contributed by atoms with E-state index in [1.807, 2.05) is 4.90 Å².